The Morgan fingerprint density at radius 2 is 2.00 bits per heavy atom. The molecule has 0 bridgehead atoms. The standard InChI is InChI=1S/C28H30FN5O2/c1-28(2,36)22-8-7-18(20(14-31-3)26(22)30)17-12-23(29)21(25(13-17)33-10-5-11-33)15-34-16-24-19(27(34)35)6-4-9-32-24/h4,6-9,12-14,36H,5,10-11,15-16,30H2,1-3H3. The Morgan fingerprint density at radius 1 is 1.22 bits per heavy atom. The number of hydrogen-bond donors (Lipinski definition) is 2. The van der Waals surface area contributed by atoms with Gasteiger partial charge in [-0.05, 0) is 55.7 Å². The second-order valence-corrected chi connectivity index (χ2v) is 9.89. The van der Waals surface area contributed by atoms with Crippen molar-refractivity contribution in [3.05, 3.63) is 76.4 Å². The highest BCUT2D eigenvalue weighted by molar-refractivity contribution is 5.99. The summed E-state index contributed by atoms with van der Waals surface area (Å²) >= 11 is 0. The number of benzene rings is 2. The Kier molecular flexibility index (Phi) is 6.00. The molecule has 2 aliphatic rings. The maximum Gasteiger partial charge on any atom is 0.256 e. The molecule has 3 aromatic rings. The number of aliphatic imine (C=N–C) groups is 1. The summed E-state index contributed by atoms with van der Waals surface area (Å²) in [4.78, 5) is 25.2. The zero-order valence-electron chi connectivity index (χ0n) is 20.8. The number of pyridine rings is 1. The third-order valence-electron chi connectivity index (χ3n) is 6.98. The van der Waals surface area contributed by atoms with E-state index in [9.17, 15) is 9.90 Å². The molecule has 2 aromatic carbocycles. The highest BCUT2D eigenvalue weighted by Crippen LogP contribution is 2.39. The summed E-state index contributed by atoms with van der Waals surface area (Å²) in [6, 6.07) is 10.6. The first-order valence-corrected chi connectivity index (χ1v) is 12.1. The van der Waals surface area contributed by atoms with Crippen LogP contribution in [0.25, 0.3) is 11.1 Å². The van der Waals surface area contributed by atoms with Gasteiger partial charge in [-0.2, -0.15) is 0 Å². The smallest absolute Gasteiger partial charge is 0.256 e. The van der Waals surface area contributed by atoms with E-state index in [0.29, 0.717) is 40.0 Å². The van der Waals surface area contributed by atoms with Crippen molar-refractivity contribution in [1.29, 1.82) is 0 Å². The molecule has 186 valence electrons. The average molecular weight is 488 g/mol. The fraction of sp³-hybridized carbons (Fsp3) is 0.321. The number of fused-ring (bicyclic) bond motifs is 1. The number of anilines is 2. The van der Waals surface area contributed by atoms with Gasteiger partial charge in [0.05, 0.1) is 29.9 Å². The second kappa shape index (κ2) is 9.02. The third kappa shape index (κ3) is 4.11. The molecule has 1 fully saturated rings. The van der Waals surface area contributed by atoms with Gasteiger partial charge in [-0.15, -0.1) is 0 Å². The van der Waals surface area contributed by atoms with E-state index in [2.05, 4.69) is 14.9 Å². The van der Waals surface area contributed by atoms with Crippen LogP contribution in [0.3, 0.4) is 0 Å². The van der Waals surface area contributed by atoms with Gasteiger partial charge in [0.2, 0.25) is 0 Å². The largest absolute Gasteiger partial charge is 0.398 e. The number of carbonyl (C=O) groups is 1. The Bertz CT molecular complexity index is 1380. The minimum absolute atomic E-state index is 0.132. The number of halogens is 1. The minimum Gasteiger partial charge on any atom is -0.398 e. The van der Waals surface area contributed by atoms with Crippen LogP contribution in [0.1, 0.15) is 53.0 Å². The van der Waals surface area contributed by atoms with Gasteiger partial charge in [-0.3, -0.25) is 14.8 Å². The number of carbonyl (C=O) groups excluding carboxylic acids is 1. The molecule has 8 heteroatoms. The van der Waals surface area contributed by atoms with Crippen molar-refractivity contribution >= 4 is 23.5 Å². The number of aromatic nitrogens is 1. The number of aliphatic hydroxyl groups is 1. The summed E-state index contributed by atoms with van der Waals surface area (Å²) in [5.41, 5.74) is 10.9. The SMILES string of the molecule is CN=Cc1c(-c2cc(F)c(CN3Cc4ncccc4C3=O)c(N3CCC3)c2)ccc(C(C)(C)O)c1N. The molecule has 7 nitrogen and oxygen atoms in total. The highest BCUT2D eigenvalue weighted by Gasteiger charge is 2.31. The Hall–Kier alpha value is -3.78. The Labute approximate surface area is 210 Å². The van der Waals surface area contributed by atoms with Crippen LogP contribution in [0.2, 0.25) is 0 Å². The molecule has 3 N–H and O–H groups in total. The van der Waals surface area contributed by atoms with Crippen LogP contribution in [-0.2, 0) is 18.7 Å². The van der Waals surface area contributed by atoms with E-state index >= 15 is 4.39 Å². The lowest BCUT2D eigenvalue weighted by Crippen LogP contribution is -2.38. The molecular formula is C28H30FN5O2. The number of amides is 1. The van der Waals surface area contributed by atoms with Crippen LogP contribution in [0.4, 0.5) is 15.8 Å². The summed E-state index contributed by atoms with van der Waals surface area (Å²) in [6.45, 7) is 5.53. The van der Waals surface area contributed by atoms with Gasteiger partial charge in [0, 0.05) is 60.6 Å². The van der Waals surface area contributed by atoms with Crippen molar-refractivity contribution in [1.82, 2.24) is 9.88 Å². The predicted molar refractivity (Wildman–Crippen MR) is 140 cm³/mol. The van der Waals surface area contributed by atoms with Crippen LogP contribution < -0.4 is 10.6 Å². The molecule has 1 amide bonds. The van der Waals surface area contributed by atoms with E-state index in [-0.39, 0.29) is 18.3 Å². The van der Waals surface area contributed by atoms with E-state index in [4.69, 9.17) is 5.73 Å². The molecule has 0 unspecified atom stereocenters. The Balaban J connectivity index is 1.58. The number of hydrogen-bond acceptors (Lipinski definition) is 6. The molecule has 0 radical (unpaired) electrons. The topological polar surface area (TPSA) is 95.0 Å². The molecule has 1 aromatic heterocycles. The Morgan fingerprint density at radius 3 is 2.64 bits per heavy atom. The van der Waals surface area contributed by atoms with Crippen LogP contribution in [0, 0.1) is 5.82 Å². The van der Waals surface area contributed by atoms with Crippen LogP contribution in [0.5, 0.6) is 0 Å². The van der Waals surface area contributed by atoms with Crippen molar-refractivity contribution in [2.45, 2.75) is 39.0 Å². The quantitative estimate of drug-likeness (QED) is 0.403. The number of nitrogens with two attached hydrogens (primary N) is 1. The van der Waals surface area contributed by atoms with E-state index in [1.807, 2.05) is 12.1 Å². The molecule has 2 aliphatic heterocycles. The van der Waals surface area contributed by atoms with Crippen molar-refractivity contribution < 1.29 is 14.3 Å². The van der Waals surface area contributed by atoms with E-state index in [0.717, 1.165) is 36.5 Å². The van der Waals surface area contributed by atoms with Crippen molar-refractivity contribution in [2.75, 3.05) is 30.8 Å². The summed E-state index contributed by atoms with van der Waals surface area (Å²) in [5.74, 6) is -0.511. The summed E-state index contributed by atoms with van der Waals surface area (Å²) in [7, 11) is 1.65. The number of nitrogen functional groups attached to an aromatic ring is 1. The lowest BCUT2D eigenvalue weighted by atomic mass is 9.89. The molecule has 1 saturated heterocycles. The fourth-order valence-corrected chi connectivity index (χ4v) is 4.96. The fourth-order valence-electron chi connectivity index (χ4n) is 4.96. The summed E-state index contributed by atoms with van der Waals surface area (Å²) in [6.07, 6.45) is 4.34. The first kappa shape index (κ1) is 23.9. The molecule has 0 aliphatic carbocycles. The molecule has 5 rings (SSSR count). The van der Waals surface area contributed by atoms with Crippen LogP contribution in [0.15, 0.2) is 47.6 Å². The first-order valence-electron chi connectivity index (χ1n) is 12.1. The van der Waals surface area contributed by atoms with Crippen LogP contribution >= 0.6 is 0 Å². The third-order valence-corrected chi connectivity index (χ3v) is 6.98. The maximum absolute atomic E-state index is 15.8. The van der Waals surface area contributed by atoms with Gasteiger partial charge < -0.3 is 20.6 Å². The van der Waals surface area contributed by atoms with E-state index in [1.54, 1.807) is 56.4 Å². The van der Waals surface area contributed by atoms with E-state index in [1.165, 1.54) is 6.07 Å². The highest BCUT2D eigenvalue weighted by atomic mass is 19.1. The van der Waals surface area contributed by atoms with Gasteiger partial charge in [-0.1, -0.05) is 12.1 Å². The van der Waals surface area contributed by atoms with Gasteiger partial charge in [0.25, 0.3) is 5.91 Å². The second-order valence-electron chi connectivity index (χ2n) is 9.89. The molecule has 3 heterocycles. The monoisotopic (exact) mass is 487 g/mol. The molecule has 0 atom stereocenters. The predicted octanol–water partition coefficient (Wildman–Crippen LogP) is 4.11. The molecule has 36 heavy (non-hydrogen) atoms. The molecular weight excluding hydrogens is 457 g/mol. The zero-order chi connectivity index (χ0) is 25.6. The number of rotatable bonds is 6. The summed E-state index contributed by atoms with van der Waals surface area (Å²) in [5, 5.41) is 10.6. The zero-order valence-corrected chi connectivity index (χ0v) is 20.8. The summed E-state index contributed by atoms with van der Waals surface area (Å²) < 4.78 is 15.8. The maximum atomic E-state index is 15.8. The lowest BCUT2D eigenvalue weighted by Gasteiger charge is -2.36. The van der Waals surface area contributed by atoms with Crippen LogP contribution in [-0.4, -0.2) is 47.2 Å². The van der Waals surface area contributed by atoms with Crippen molar-refractivity contribution in [3.8, 4) is 11.1 Å². The van der Waals surface area contributed by atoms with Crippen molar-refractivity contribution in [2.24, 2.45) is 4.99 Å². The van der Waals surface area contributed by atoms with Gasteiger partial charge in [-0.25, -0.2) is 4.39 Å². The van der Waals surface area contributed by atoms with Crippen molar-refractivity contribution in [3.63, 3.8) is 0 Å². The average Bonchev–Trinajstić information content (AvgIpc) is 3.10. The normalized spacial score (nSPS) is 15.5. The van der Waals surface area contributed by atoms with E-state index < -0.39 is 5.60 Å². The molecule has 0 spiro atoms. The van der Waals surface area contributed by atoms with Gasteiger partial charge >= 0.3 is 0 Å². The number of nitrogens with zero attached hydrogens (tertiary/aromatic N) is 4. The first-order chi connectivity index (χ1) is 17.2. The molecule has 0 saturated carbocycles. The minimum atomic E-state index is -1.13. The lowest BCUT2D eigenvalue weighted by molar-refractivity contribution is 0.0763. The van der Waals surface area contributed by atoms with Gasteiger partial charge in [0.15, 0.2) is 0 Å². The van der Waals surface area contributed by atoms with Gasteiger partial charge in [0.1, 0.15) is 5.82 Å².